The van der Waals surface area contributed by atoms with Crippen molar-refractivity contribution in [2.45, 2.75) is 84.0 Å². The zero-order valence-electron chi connectivity index (χ0n) is 11.6. The molecule has 0 aromatic rings. The van der Waals surface area contributed by atoms with E-state index in [2.05, 4.69) is 6.92 Å². The van der Waals surface area contributed by atoms with Crippen LogP contribution in [0.4, 0.5) is 0 Å². The summed E-state index contributed by atoms with van der Waals surface area (Å²) in [7, 11) is 0. The van der Waals surface area contributed by atoms with Crippen LogP contribution in [0.15, 0.2) is 12.2 Å². The molecule has 0 rings (SSSR count). The zero-order chi connectivity index (χ0) is 12.6. The fourth-order valence-corrected chi connectivity index (χ4v) is 2.06. The molecule has 0 amide bonds. The number of hydrogen-bond donors (Lipinski definition) is 0. The summed E-state index contributed by atoms with van der Waals surface area (Å²) in [6.45, 7) is 2.27. The van der Waals surface area contributed by atoms with Gasteiger partial charge in [-0.15, -0.1) is 0 Å². The van der Waals surface area contributed by atoms with Crippen LogP contribution in [0.25, 0.3) is 0 Å². The summed E-state index contributed by atoms with van der Waals surface area (Å²) in [4.78, 5) is 0. The minimum absolute atomic E-state index is 1.07. The topological polar surface area (TPSA) is 23.8 Å². The van der Waals surface area contributed by atoms with E-state index < -0.39 is 0 Å². The van der Waals surface area contributed by atoms with Crippen molar-refractivity contribution in [2.24, 2.45) is 0 Å². The zero-order valence-corrected chi connectivity index (χ0v) is 11.6. The number of hydrogen-bond acceptors (Lipinski definition) is 1. The maximum absolute atomic E-state index is 8.31. The van der Waals surface area contributed by atoms with Crippen molar-refractivity contribution < 1.29 is 0 Å². The van der Waals surface area contributed by atoms with E-state index in [9.17, 15) is 0 Å². The predicted octanol–water partition coefficient (Wildman–Crippen LogP) is 5.77. The molecule has 0 bridgehead atoms. The monoisotopic (exact) mass is 235 g/mol. The van der Waals surface area contributed by atoms with Gasteiger partial charge in [-0.05, 0) is 12.8 Å². The molecule has 0 N–H and O–H groups in total. The third kappa shape index (κ3) is 15.2. The van der Waals surface area contributed by atoms with E-state index in [1.165, 1.54) is 70.6 Å². The van der Waals surface area contributed by atoms with Gasteiger partial charge < -0.3 is 0 Å². The second-order valence-corrected chi connectivity index (χ2v) is 4.86. The van der Waals surface area contributed by atoms with Gasteiger partial charge in [0.25, 0.3) is 0 Å². The van der Waals surface area contributed by atoms with Crippen molar-refractivity contribution in [2.75, 3.05) is 0 Å². The van der Waals surface area contributed by atoms with E-state index >= 15 is 0 Å². The Bertz CT molecular complexity index is 200. The first-order valence-corrected chi connectivity index (χ1v) is 7.46. The molecule has 0 saturated heterocycles. The van der Waals surface area contributed by atoms with E-state index in [0.717, 1.165) is 6.42 Å². The lowest BCUT2D eigenvalue weighted by Gasteiger charge is -2.01. The van der Waals surface area contributed by atoms with Crippen LogP contribution >= 0.6 is 0 Å². The lowest BCUT2D eigenvalue weighted by atomic mass is 10.1. The number of nitriles is 1. The molecule has 1 heteroatoms. The van der Waals surface area contributed by atoms with Gasteiger partial charge in [-0.25, -0.2) is 0 Å². The molecule has 0 aliphatic heterocycles. The third-order valence-electron chi connectivity index (χ3n) is 3.17. The molecule has 0 aliphatic carbocycles. The van der Waals surface area contributed by atoms with Crippen molar-refractivity contribution in [1.82, 2.24) is 0 Å². The first-order valence-electron chi connectivity index (χ1n) is 7.46. The number of nitrogens with zero attached hydrogens (tertiary/aromatic N) is 1. The lowest BCUT2D eigenvalue weighted by Crippen LogP contribution is -1.81. The fourth-order valence-electron chi connectivity index (χ4n) is 2.06. The van der Waals surface area contributed by atoms with Crippen molar-refractivity contribution in [3.63, 3.8) is 0 Å². The number of allylic oxidation sites excluding steroid dienone is 2. The van der Waals surface area contributed by atoms with E-state index in [1.807, 2.05) is 12.1 Å². The molecule has 17 heavy (non-hydrogen) atoms. The standard InChI is InChI=1S/C16H29N/c1-2-3-4-5-6-7-8-9-10-11-12-13-14-15-16-17/h14-15H,2-13H2,1H3. The molecule has 0 aromatic heterocycles. The Morgan fingerprint density at radius 2 is 1.24 bits per heavy atom. The molecule has 0 atom stereocenters. The summed E-state index contributed by atoms with van der Waals surface area (Å²) in [5.41, 5.74) is 0. The van der Waals surface area contributed by atoms with Crippen LogP contribution in [0.5, 0.6) is 0 Å². The Labute approximate surface area is 108 Å². The average Bonchev–Trinajstić information content (AvgIpc) is 2.35. The highest BCUT2D eigenvalue weighted by Gasteiger charge is 1.92. The summed E-state index contributed by atoms with van der Waals surface area (Å²) >= 11 is 0. The van der Waals surface area contributed by atoms with Crippen LogP contribution in [-0.2, 0) is 0 Å². The first kappa shape index (κ1) is 16.2. The second kappa shape index (κ2) is 15.2. The highest BCUT2D eigenvalue weighted by Crippen LogP contribution is 2.11. The molecule has 98 valence electrons. The lowest BCUT2D eigenvalue weighted by molar-refractivity contribution is 0.550. The van der Waals surface area contributed by atoms with Gasteiger partial charge >= 0.3 is 0 Å². The fraction of sp³-hybridized carbons (Fsp3) is 0.812. The predicted molar refractivity (Wildman–Crippen MR) is 75.8 cm³/mol. The van der Waals surface area contributed by atoms with E-state index in [1.54, 1.807) is 6.08 Å². The quantitative estimate of drug-likeness (QED) is 0.311. The van der Waals surface area contributed by atoms with Crippen LogP contribution < -0.4 is 0 Å². The van der Waals surface area contributed by atoms with E-state index in [0.29, 0.717) is 0 Å². The van der Waals surface area contributed by atoms with Crippen molar-refractivity contribution in [1.29, 1.82) is 5.26 Å². The Balaban J connectivity index is 2.94. The second-order valence-electron chi connectivity index (χ2n) is 4.86. The van der Waals surface area contributed by atoms with Gasteiger partial charge in [0.15, 0.2) is 0 Å². The smallest absolute Gasteiger partial charge is 0.0908 e. The normalized spacial score (nSPS) is 10.8. The molecule has 0 saturated carbocycles. The van der Waals surface area contributed by atoms with Gasteiger partial charge in [-0.2, -0.15) is 5.26 Å². The largest absolute Gasteiger partial charge is 0.193 e. The first-order chi connectivity index (χ1) is 8.41. The van der Waals surface area contributed by atoms with Gasteiger partial charge in [0.1, 0.15) is 0 Å². The van der Waals surface area contributed by atoms with Crippen LogP contribution in [0, 0.1) is 11.3 Å². The molecule has 1 nitrogen and oxygen atoms in total. The molecule has 0 aliphatic rings. The molecule has 0 aromatic carbocycles. The van der Waals surface area contributed by atoms with Crippen LogP contribution in [-0.4, -0.2) is 0 Å². The van der Waals surface area contributed by atoms with Crippen molar-refractivity contribution in [3.8, 4) is 6.07 Å². The average molecular weight is 235 g/mol. The minimum atomic E-state index is 1.07. The summed E-state index contributed by atoms with van der Waals surface area (Å²) in [5, 5.41) is 8.31. The van der Waals surface area contributed by atoms with Crippen molar-refractivity contribution in [3.05, 3.63) is 12.2 Å². The molecule has 0 heterocycles. The third-order valence-corrected chi connectivity index (χ3v) is 3.17. The Kier molecular flexibility index (Phi) is 14.5. The molecular formula is C16H29N. The summed E-state index contributed by atoms with van der Waals surface area (Å²) in [5.74, 6) is 0. The minimum Gasteiger partial charge on any atom is -0.193 e. The van der Waals surface area contributed by atoms with E-state index in [4.69, 9.17) is 5.26 Å². The van der Waals surface area contributed by atoms with Crippen molar-refractivity contribution >= 4 is 0 Å². The molecule has 0 radical (unpaired) electrons. The highest BCUT2D eigenvalue weighted by molar-refractivity contribution is 5.01. The number of unbranched alkanes of at least 4 members (excludes halogenated alkanes) is 11. The molecular weight excluding hydrogens is 206 g/mol. The maximum Gasteiger partial charge on any atom is 0.0908 e. The van der Waals surface area contributed by atoms with Gasteiger partial charge in [0.2, 0.25) is 0 Å². The van der Waals surface area contributed by atoms with Crippen LogP contribution in [0.3, 0.4) is 0 Å². The SMILES string of the molecule is CCCCCCCCCCCCCC=CC#N. The van der Waals surface area contributed by atoms with Crippen LogP contribution in [0.1, 0.15) is 84.0 Å². The molecule has 0 unspecified atom stereocenters. The van der Waals surface area contributed by atoms with Crippen LogP contribution in [0.2, 0.25) is 0 Å². The maximum atomic E-state index is 8.31. The summed E-state index contributed by atoms with van der Waals surface area (Å²) < 4.78 is 0. The van der Waals surface area contributed by atoms with Gasteiger partial charge in [-0.1, -0.05) is 77.2 Å². The molecule has 0 spiro atoms. The summed E-state index contributed by atoms with van der Waals surface area (Å²) in [6.07, 6.45) is 19.9. The van der Waals surface area contributed by atoms with E-state index in [-0.39, 0.29) is 0 Å². The van der Waals surface area contributed by atoms with Gasteiger partial charge in [-0.3, -0.25) is 0 Å². The van der Waals surface area contributed by atoms with Gasteiger partial charge in [0, 0.05) is 6.08 Å². The Morgan fingerprint density at radius 1 is 0.765 bits per heavy atom. The summed E-state index contributed by atoms with van der Waals surface area (Å²) in [6, 6.07) is 2.03. The highest BCUT2D eigenvalue weighted by atomic mass is 14.2. The van der Waals surface area contributed by atoms with Gasteiger partial charge in [0.05, 0.1) is 6.07 Å². The number of rotatable bonds is 12. The Hall–Kier alpha value is -0.770. The molecule has 0 fully saturated rings. The Morgan fingerprint density at radius 3 is 1.71 bits per heavy atom.